The fourth-order valence-electron chi connectivity index (χ4n) is 1.79. The summed E-state index contributed by atoms with van der Waals surface area (Å²) in [4.78, 5) is 0. The van der Waals surface area contributed by atoms with Crippen molar-refractivity contribution in [2.24, 2.45) is 10.8 Å². The molecule has 72 valence electrons. The van der Waals surface area contributed by atoms with E-state index in [2.05, 4.69) is 0 Å². The number of hydrogen-bond donors (Lipinski definition) is 2. The summed E-state index contributed by atoms with van der Waals surface area (Å²) in [7, 11) is 0. The molecule has 2 heteroatoms. The van der Waals surface area contributed by atoms with E-state index in [1.54, 1.807) is 0 Å². The minimum atomic E-state index is -0.582. The number of aliphatic hydroxyl groups is 2. The number of hydrogen-bond acceptors (Lipinski definition) is 2. The topological polar surface area (TPSA) is 40.5 Å². The highest BCUT2D eigenvalue weighted by Gasteiger charge is 2.46. The Balaban J connectivity index is 2.80. The highest BCUT2D eigenvalue weighted by Crippen LogP contribution is 2.44. The number of aliphatic hydroxyl groups excluding tert-OH is 2. The van der Waals surface area contributed by atoms with Crippen LogP contribution in [0.5, 0.6) is 0 Å². The Kier molecular flexibility index (Phi) is 2.26. The van der Waals surface area contributed by atoms with E-state index in [1.165, 1.54) is 0 Å². The highest BCUT2D eigenvalue weighted by atomic mass is 16.3. The van der Waals surface area contributed by atoms with Gasteiger partial charge in [0.15, 0.2) is 0 Å². The lowest BCUT2D eigenvalue weighted by Crippen LogP contribution is -2.51. The van der Waals surface area contributed by atoms with Crippen molar-refractivity contribution in [3.05, 3.63) is 0 Å². The van der Waals surface area contributed by atoms with Crippen molar-refractivity contribution in [1.82, 2.24) is 0 Å². The third kappa shape index (κ3) is 1.50. The molecule has 0 radical (unpaired) electrons. The van der Waals surface area contributed by atoms with Gasteiger partial charge in [-0.2, -0.15) is 0 Å². The Morgan fingerprint density at radius 2 is 1.08 bits per heavy atom. The van der Waals surface area contributed by atoms with E-state index >= 15 is 0 Å². The molecule has 2 nitrogen and oxygen atoms in total. The van der Waals surface area contributed by atoms with E-state index in [0.29, 0.717) is 0 Å². The normalized spacial score (nSPS) is 39.5. The van der Waals surface area contributed by atoms with Crippen LogP contribution < -0.4 is 0 Å². The first-order chi connectivity index (χ1) is 5.27. The average Bonchev–Trinajstić information content (AvgIpc) is 1.96. The molecule has 1 saturated carbocycles. The monoisotopic (exact) mass is 172 g/mol. The lowest BCUT2D eigenvalue weighted by Gasteiger charge is -2.47. The largest absolute Gasteiger partial charge is 0.390 e. The minimum Gasteiger partial charge on any atom is -0.390 e. The zero-order valence-corrected chi connectivity index (χ0v) is 8.46. The van der Waals surface area contributed by atoms with Crippen LogP contribution in [0.2, 0.25) is 0 Å². The first-order valence-corrected chi connectivity index (χ1v) is 4.63. The van der Waals surface area contributed by atoms with Crippen molar-refractivity contribution in [1.29, 1.82) is 0 Å². The predicted molar refractivity (Wildman–Crippen MR) is 48.8 cm³/mol. The van der Waals surface area contributed by atoms with Crippen LogP contribution in [-0.2, 0) is 0 Å². The molecule has 1 aliphatic carbocycles. The molecule has 0 amide bonds. The van der Waals surface area contributed by atoms with Crippen molar-refractivity contribution in [2.75, 3.05) is 0 Å². The Morgan fingerprint density at radius 1 is 0.833 bits per heavy atom. The second kappa shape index (κ2) is 2.71. The van der Waals surface area contributed by atoms with Crippen LogP contribution in [-0.4, -0.2) is 22.4 Å². The van der Waals surface area contributed by atoms with Gasteiger partial charge in [-0.15, -0.1) is 0 Å². The molecule has 0 saturated heterocycles. The third-order valence-corrected chi connectivity index (χ3v) is 3.31. The standard InChI is InChI=1S/C10H20O2/c1-9(2)5-6-10(3,4)8(12)7(9)11/h7-8,11-12H,5-6H2,1-4H3/t7-,8+. The van der Waals surface area contributed by atoms with Crippen molar-refractivity contribution in [2.45, 2.75) is 52.7 Å². The molecule has 0 aromatic rings. The third-order valence-electron chi connectivity index (χ3n) is 3.31. The predicted octanol–water partition coefficient (Wildman–Crippen LogP) is 1.55. The van der Waals surface area contributed by atoms with Gasteiger partial charge in [-0.3, -0.25) is 0 Å². The van der Waals surface area contributed by atoms with Crippen LogP contribution in [0.15, 0.2) is 0 Å². The van der Waals surface area contributed by atoms with Gasteiger partial charge in [0.2, 0.25) is 0 Å². The Labute approximate surface area is 74.6 Å². The molecule has 0 aliphatic heterocycles. The molecule has 0 aromatic heterocycles. The summed E-state index contributed by atoms with van der Waals surface area (Å²) >= 11 is 0. The van der Waals surface area contributed by atoms with Crippen LogP contribution >= 0.6 is 0 Å². The molecule has 0 heterocycles. The smallest absolute Gasteiger partial charge is 0.0855 e. The molecule has 0 bridgehead atoms. The van der Waals surface area contributed by atoms with Crippen LogP contribution in [0.3, 0.4) is 0 Å². The molecule has 0 spiro atoms. The van der Waals surface area contributed by atoms with Crippen molar-refractivity contribution >= 4 is 0 Å². The second-order valence-corrected chi connectivity index (χ2v) is 5.37. The zero-order valence-electron chi connectivity index (χ0n) is 8.46. The highest BCUT2D eigenvalue weighted by molar-refractivity contribution is 4.96. The maximum Gasteiger partial charge on any atom is 0.0855 e. The average molecular weight is 172 g/mol. The molecule has 0 unspecified atom stereocenters. The molecular formula is C10H20O2. The summed E-state index contributed by atoms with van der Waals surface area (Å²) in [6.07, 6.45) is 0.804. The molecule has 2 atom stereocenters. The van der Waals surface area contributed by atoms with Gasteiger partial charge in [-0.25, -0.2) is 0 Å². The fraction of sp³-hybridized carbons (Fsp3) is 1.00. The van der Waals surface area contributed by atoms with Gasteiger partial charge < -0.3 is 10.2 Å². The molecule has 2 N–H and O–H groups in total. The molecule has 0 aromatic carbocycles. The SMILES string of the molecule is CC1(C)CCC(C)(C)[C@@H](O)[C@H]1O. The van der Waals surface area contributed by atoms with Crippen LogP contribution in [0.4, 0.5) is 0 Å². The van der Waals surface area contributed by atoms with E-state index in [-0.39, 0.29) is 10.8 Å². The zero-order chi connectivity index (χ0) is 9.57. The van der Waals surface area contributed by atoms with Gasteiger partial charge in [0.05, 0.1) is 12.2 Å². The van der Waals surface area contributed by atoms with E-state index in [4.69, 9.17) is 0 Å². The van der Waals surface area contributed by atoms with Crippen LogP contribution in [0, 0.1) is 10.8 Å². The molecule has 1 fully saturated rings. The maximum atomic E-state index is 9.79. The summed E-state index contributed by atoms with van der Waals surface area (Å²) in [5.74, 6) is 0. The van der Waals surface area contributed by atoms with Crippen molar-refractivity contribution in [3.8, 4) is 0 Å². The van der Waals surface area contributed by atoms with Gasteiger partial charge in [-0.1, -0.05) is 27.7 Å². The molecule has 12 heavy (non-hydrogen) atoms. The first-order valence-electron chi connectivity index (χ1n) is 4.63. The minimum absolute atomic E-state index is 0.130. The van der Waals surface area contributed by atoms with E-state index in [0.717, 1.165) is 12.8 Å². The van der Waals surface area contributed by atoms with E-state index < -0.39 is 12.2 Å². The molecule has 1 rings (SSSR count). The summed E-state index contributed by atoms with van der Waals surface area (Å²) in [6.45, 7) is 8.04. The Bertz CT molecular complexity index is 153. The maximum absolute atomic E-state index is 9.79. The Hall–Kier alpha value is -0.0800. The number of rotatable bonds is 0. The quantitative estimate of drug-likeness (QED) is 0.582. The van der Waals surface area contributed by atoms with Crippen LogP contribution in [0.1, 0.15) is 40.5 Å². The van der Waals surface area contributed by atoms with Gasteiger partial charge in [-0.05, 0) is 23.7 Å². The van der Waals surface area contributed by atoms with Gasteiger partial charge in [0.25, 0.3) is 0 Å². The fourth-order valence-corrected chi connectivity index (χ4v) is 1.79. The van der Waals surface area contributed by atoms with Crippen molar-refractivity contribution in [3.63, 3.8) is 0 Å². The summed E-state index contributed by atoms with van der Waals surface area (Å²) in [5, 5.41) is 19.6. The summed E-state index contributed by atoms with van der Waals surface area (Å²) in [5.41, 5.74) is -0.260. The summed E-state index contributed by atoms with van der Waals surface area (Å²) in [6, 6.07) is 0. The first kappa shape index (κ1) is 10.0. The van der Waals surface area contributed by atoms with E-state index in [1.807, 2.05) is 27.7 Å². The molecule has 1 aliphatic rings. The van der Waals surface area contributed by atoms with Gasteiger partial charge in [0, 0.05) is 0 Å². The lowest BCUT2D eigenvalue weighted by molar-refractivity contribution is -0.137. The van der Waals surface area contributed by atoms with Gasteiger partial charge in [0.1, 0.15) is 0 Å². The Morgan fingerprint density at radius 3 is 1.33 bits per heavy atom. The lowest BCUT2D eigenvalue weighted by atomic mass is 9.63. The summed E-state index contributed by atoms with van der Waals surface area (Å²) < 4.78 is 0. The van der Waals surface area contributed by atoms with Gasteiger partial charge >= 0.3 is 0 Å². The van der Waals surface area contributed by atoms with Crippen molar-refractivity contribution < 1.29 is 10.2 Å². The second-order valence-electron chi connectivity index (χ2n) is 5.37. The molecular weight excluding hydrogens is 152 g/mol. The van der Waals surface area contributed by atoms with Crippen LogP contribution in [0.25, 0.3) is 0 Å². The van der Waals surface area contributed by atoms with E-state index in [9.17, 15) is 10.2 Å².